The third-order valence-electron chi connectivity index (χ3n) is 3.15. The van der Waals surface area contributed by atoms with Crippen LogP contribution < -0.4 is 11.1 Å². The average molecular weight is 296 g/mol. The first kappa shape index (κ1) is 16.9. The fourth-order valence-corrected chi connectivity index (χ4v) is 2.55. The highest BCUT2D eigenvalue weighted by molar-refractivity contribution is 7.84. The molecule has 0 heterocycles. The average Bonchev–Trinajstić information content (AvgIpc) is 2.43. The van der Waals surface area contributed by atoms with Crippen molar-refractivity contribution in [2.45, 2.75) is 38.3 Å². The first-order chi connectivity index (χ1) is 9.49. The first-order valence-electron chi connectivity index (χ1n) is 6.89. The van der Waals surface area contributed by atoms with E-state index in [4.69, 9.17) is 5.73 Å². The van der Waals surface area contributed by atoms with Crippen LogP contribution in [0.15, 0.2) is 30.3 Å². The van der Waals surface area contributed by atoms with Crippen LogP contribution in [-0.4, -0.2) is 34.2 Å². The zero-order chi connectivity index (χ0) is 15.0. The van der Waals surface area contributed by atoms with E-state index >= 15 is 0 Å². The number of benzene rings is 1. The van der Waals surface area contributed by atoms with Gasteiger partial charge in [-0.05, 0) is 31.7 Å². The summed E-state index contributed by atoms with van der Waals surface area (Å²) >= 11 is 0. The van der Waals surface area contributed by atoms with Crippen LogP contribution in [0.5, 0.6) is 0 Å². The molecular formula is C15H24N2O2S. The fraction of sp³-hybridized carbons (Fsp3) is 0.533. The molecule has 112 valence electrons. The number of nitrogens with two attached hydrogens (primary N) is 1. The minimum atomic E-state index is -0.823. The summed E-state index contributed by atoms with van der Waals surface area (Å²) < 4.78 is 11.0. The highest BCUT2D eigenvalue weighted by Crippen LogP contribution is 2.04. The molecule has 20 heavy (non-hydrogen) atoms. The molecule has 0 saturated heterocycles. The lowest BCUT2D eigenvalue weighted by Gasteiger charge is -2.17. The Labute approximate surface area is 123 Å². The van der Waals surface area contributed by atoms with Crippen LogP contribution in [0.3, 0.4) is 0 Å². The number of hydrogen-bond donors (Lipinski definition) is 2. The molecule has 0 aliphatic heterocycles. The Morgan fingerprint density at radius 1 is 1.30 bits per heavy atom. The molecule has 1 aromatic carbocycles. The van der Waals surface area contributed by atoms with E-state index in [1.54, 1.807) is 6.26 Å². The van der Waals surface area contributed by atoms with E-state index in [9.17, 15) is 9.00 Å². The minimum Gasteiger partial charge on any atom is -0.352 e. The summed E-state index contributed by atoms with van der Waals surface area (Å²) in [7, 11) is -0.823. The Bertz CT molecular complexity index is 437. The lowest BCUT2D eigenvalue weighted by atomic mass is 10.1. The third kappa shape index (κ3) is 6.82. The van der Waals surface area contributed by atoms with Crippen LogP contribution in [0, 0.1) is 0 Å². The van der Waals surface area contributed by atoms with E-state index in [-0.39, 0.29) is 11.9 Å². The van der Waals surface area contributed by atoms with Gasteiger partial charge in [-0.25, -0.2) is 0 Å². The second-order valence-electron chi connectivity index (χ2n) is 5.11. The standard InChI is InChI=1S/C15H24N2O2S/c1-12(10-11-20(2)19)17-15(18)14(16)9-8-13-6-4-3-5-7-13/h3-7,12,14H,8-11,16H2,1-2H3,(H,17,18)/t12?,14-,20?/m0/s1. The van der Waals surface area contributed by atoms with E-state index in [1.165, 1.54) is 5.56 Å². The van der Waals surface area contributed by atoms with Crippen LogP contribution in [0.25, 0.3) is 0 Å². The summed E-state index contributed by atoms with van der Waals surface area (Å²) in [5.74, 6) is 0.469. The molecule has 0 aliphatic carbocycles. The van der Waals surface area contributed by atoms with Gasteiger partial charge in [0.1, 0.15) is 0 Å². The molecule has 3 N–H and O–H groups in total. The zero-order valence-corrected chi connectivity index (χ0v) is 13.0. The van der Waals surface area contributed by atoms with Gasteiger partial charge in [-0.2, -0.15) is 0 Å². The largest absolute Gasteiger partial charge is 0.352 e. The summed E-state index contributed by atoms with van der Waals surface area (Å²) in [6.07, 6.45) is 3.80. The molecular weight excluding hydrogens is 272 g/mol. The maximum absolute atomic E-state index is 11.9. The smallest absolute Gasteiger partial charge is 0.237 e. The van der Waals surface area contributed by atoms with Crippen LogP contribution >= 0.6 is 0 Å². The van der Waals surface area contributed by atoms with Gasteiger partial charge in [-0.3, -0.25) is 9.00 Å². The lowest BCUT2D eigenvalue weighted by Crippen LogP contribution is -2.45. The summed E-state index contributed by atoms with van der Waals surface area (Å²) in [5.41, 5.74) is 7.08. The number of aryl methyl sites for hydroxylation is 1. The third-order valence-corrected chi connectivity index (χ3v) is 3.96. The molecule has 0 aliphatic rings. The molecule has 5 heteroatoms. The van der Waals surface area contributed by atoms with Crippen molar-refractivity contribution in [3.8, 4) is 0 Å². The number of amides is 1. The van der Waals surface area contributed by atoms with Crippen molar-refractivity contribution in [1.29, 1.82) is 0 Å². The Kier molecular flexibility index (Phi) is 7.47. The van der Waals surface area contributed by atoms with E-state index < -0.39 is 16.8 Å². The second-order valence-corrected chi connectivity index (χ2v) is 6.66. The molecule has 1 aromatic rings. The Morgan fingerprint density at radius 2 is 1.95 bits per heavy atom. The maximum Gasteiger partial charge on any atom is 0.237 e. The second kappa shape index (κ2) is 8.87. The molecule has 1 amide bonds. The molecule has 1 rings (SSSR count). The van der Waals surface area contributed by atoms with Crippen LogP contribution in [0.2, 0.25) is 0 Å². The van der Waals surface area contributed by atoms with Crippen molar-refractivity contribution in [3.63, 3.8) is 0 Å². The van der Waals surface area contributed by atoms with Gasteiger partial charge in [-0.15, -0.1) is 0 Å². The van der Waals surface area contributed by atoms with Crippen molar-refractivity contribution in [2.75, 3.05) is 12.0 Å². The van der Waals surface area contributed by atoms with Gasteiger partial charge in [0.05, 0.1) is 6.04 Å². The fourth-order valence-electron chi connectivity index (χ4n) is 1.86. The van der Waals surface area contributed by atoms with Crippen LogP contribution in [0.4, 0.5) is 0 Å². The van der Waals surface area contributed by atoms with E-state index in [0.29, 0.717) is 18.6 Å². The number of hydrogen-bond acceptors (Lipinski definition) is 3. The Morgan fingerprint density at radius 3 is 2.55 bits per heavy atom. The van der Waals surface area contributed by atoms with Gasteiger partial charge in [0.25, 0.3) is 0 Å². The summed E-state index contributed by atoms with van der Waals surface area (Å²) in [5, 5.41) is 2.87. The zero-order valence-electron chi connectivity index (χ0n) is 12.2. The van der Waals surface area contributed by atoms with Gasteiger partial charge in [0, 0.05) is 28.9 Å². The predicted octanol–water partition coefficient (Wildman–Crippen LogP) is 1.22. The van der Waals surface area contributed by atoms with Crippen molar-refractivity contribution in [2.24, 2.45) is 5.73 Å². The predicted molar refractivity (Wildman–Crippen MR) is 83.9 cm³/mol. The molecule has 0 spiro atoms. The van der Waals surface area contributed by atoms with Crippen molar-refractivity contribution in [3.05, 3.63) is 35.9 Å². The molecule has 0 saturated carbocycles. The molecule has 0 aromatic heterocycles. The minimum absolute atomic E-state index is 0.00850. The molecule has 2 unspecified atom stereocenters. The Hall–Kier alpha value is -1.20. The van der Waals surface area contributed by atoms with Crippen molar-refractivity contribution >= 4 is 16.7 Å². The van der Waals surface area contributed by atoms with Gasteiger partial charge in [0.15, 0.2) is 0 Å². The van der Waals surface area contributed by atoms with E-state index in [2.05, 4.69) is 5.32 Å². The molecule has 4 nitrogen and oxygen atoms in total. The molecule has 0 fully saturated rings. The van der Waals surface area contributed by atoms with Gasteiger partial charge < -0.3 is 11.1 Å². The van der Waals surface area contributed by atoms with E-state index in [0.717, 1.165) is 6.42 Å². The topological polar surface area (TPSA) is 72.2 Å². The quantitative estimate of drug-likeness (QED) is 0.757. The number of carbonyl (C=O) groups is 1. The van der Waals surface area contributed by atoms with Gasteiger partial charge >= 0.3 is 0 Å². The monoisotopic (exact) mass is 296 g/mol. The maximum atomic E-state index is 11.9. The molecule has 3 atom stereocenters. The summed E-state index contributed by atoms with van der Waals surface area (Å²) in [4.78, 5) is 11.9. The summed E-state index contributed by atoms with van der Waals surface area (Å²) in [6, 6.07) is 9.50. The van der Waals surface area contributed by atoms with Crippen molar-refractivity contribution < 1.29 is 9.00 Å². The lowest BCUT2D eigenvalue weighted by molar-refractivity contribution is -0.123. The highest BCUT2D eigenvalue weighted by Gasteiger charge is 2.15. The Balaban J connectivity index is 2.30. The summed E-state index contributed by atoms with van der Waals surface area (Å²) in [6.45, 7) is 1.91. The molecule has 0 bridgehead atoms. The van der Waals surface area contributed by atoms with E-state index in [1.807, 2.05) is 37.3 Å². The highest BCUT2D eigenvalue weighted by atomic mass is 32.2. The van der Waals surface area contributed by atoms with Crippen LogP contribution in [-0.2, 0) is 22.0 Å². The van der Waals surface area contributed by atoms with Crippen molar-refractivity contribution in [1.82, 2.24) is 5.32 Å². The number of rotatable bonds is 8. The first-order valence-corrected chi connectivity index (χ1v) is 8.61. The normalized spacial score (nSPS) is 15.3. The molecule has 0 radical (unpaired) electrons. The van der Waals surface area contributed by atoms with Gasteiger partial charge in [-0.1, -0.05) is 30.3 Å². The van der Waals surface area contributed by atoms with Gasteiger partial charge in [0.2, 0.25) is 5.91 Å². The number of nitrogens with one attached hydrogen (secondary N) is 1. The van der Waals surface area contributed by atoms with Crippen LogP contribution in [0.1, 0.15) is 25.3 Å². The SMILES string of the molecule is CC(CCS(C)=O)NC(=O)[C@@H](N)CCc1ccccc1. The number of carbonyl (C=O) groups excluding carboxylic acids is 1.